The highest BCUT2D eigenvalue weighted by atomic mass is 35.5. The van der Waals surface area contributed by atoms with E-state index >= 15 is 0 Å². The maximum Gasteiger partial charge on any atom is 0.324 e. The second-order valence-corrected chi connectivity index (χ2v) is 9.40. The van der Waals surface area contributed by atoms with Crippen LogP contribution in [0.5, 0.6) is 5.75 Å². The van der Waals surface area contributed by atoms with E-state index in [-0.39, 0.29) is 11.8 Å². The molecule has 0 atom stereocenters. The van der Waals surface area contributed by atoms with Gasteiger partial charge in [0.05, 0.1) is 10.7 Å². The molecule has 172 valence electrons. The molecule has 1 saturated heterocycles. The third-order valence-electron chi connectivity index (χ3n) is 6.96. The number of aromatic hydroxyl groups is 1. The lowest BCUT2D eigenvalue weighted by atomic mass is 9.95. The maximum absolute atomic E-state index is 12.4. The molecule has 0 bridgehead atoms. The molecule has 1 fully saturated rings. The van der Waals surface area contributed by atoms with Crippen LogP contribution in [0.1, 0.15) is 11.3 Å². The maximum atomic E-state index is 12.4. The molecular weight excluding hydrogens is 448 g/mol. The summed E-state index contributed by atoms with van der Waals surface area (Å²) in [6, 6.07) is 17.6. The molecule has 3 N–H and O–H groups in total. The van der Waals surface area contributed by atoms with E-state index in [0.717, 1.165) is 41.7 Å². The van der Waals surface area contributed by atoms with Crippen molar-refractivity contribution in [2.75, 3.05) is 31.6 Å². The number of carbonyl (C=O) groups is 1. The Kier molecular flexibility index (Phi) is 5.01. The van der Waals surface area contributed by atoms with Crippen LogP contribution in [0.15, 0.2) is 54.6 Å². The zero-order valence-electron chi connectivity index (χ0n) is 18.9. The number of phenols is 1. The summed E-state index contributed by atoms with van der Waals surface area (Å²) in [4.78, 5) is 19.3. The molecule has 3 aromatic carbocycles. The number of urea groups is 1. The highest BCUT2D eigenvalue weighted by molar-refractivity contribution is 6.34. The van der Waals surface area contributed by atoms with Gasteiger partial charge in [-0.05, 0) is 41.0 Å². The summed E-state index contributed by atoms with van der Waals surface area (Å²) < 4.78 is 0. The standard InChI is InChI=1S/C27H25ClN4O2/c1-31-11-12-32(27(31)34)25-8-6-17(14-22(25)28)19-4-2-3-18(26(19)33)16-5-7-23-20(13-16)21-15-29-10-9-24(21)30-23/h2-8,13-14,29-30,33H,9-12,15H2,1H3. The zero-order chi connectivity index (χ0) is 23.4. The van der Waals surface area contributed by atoms with Crippen LogP contribution in [0, 0.1) is 0 Å². The van der Waals surface area contributed by atoms with Crippen molar-refractivity contribution in [3.63, 3.8) is 0 Å². The van der Waals surface area contributed by atoms with Gasteiger partial charge in [0.1, 0.15) is 5.75 Å². The molecule has 0 aliphatic carbocycles. The van der Waals surface area contributed by atoms with Gasteiger partial charge in [-0.3, -0.25) is 4.90 Å². The molecule has 3 heterocycles. The zero-order valence-corrected chi connectivity index (χ0v) is 19.6. The Hall–Kier alpha value is -3.48. The summed E-state index contributed by atoms with van der Waals surface area (Å²) in [6.07, 6.45) is 0.996. The molecule has 4 aromatic rings. The summed E-state index contributed by atoms with van der Waals surface area (Å²) in [5, 5.41) is 16.4. The minimum Gasteiger partial charge on any atom is -0.507 e. The number of likely N-dealkylation sites (N-methyl/N-ethyl adjacent to an activating group) is 1. The van der Waals surface area contributed by atoms with E-state index in [0.29, 0.717) is 29.4 Å². The summed E-state index contributed by atoms with van der Waals surface area (Å²) in [7, 11) is 1.78. The van der Waals surface area contributed by atoms with Crippen molar-refractivity contribution in [2.24, 2.45) is 0 Å². The number of aromatic amines is 1. The van der Waals surface area contributed by atoms with E-state index < -0.39 is 0 Å². The van der Waals surface area contributed by atoms with Crippen LogP contribution in [0.2, 0.25) is 5.02 Å². The van der Waals surface area contributed by atoms with E-state index in [1.807, 2.05) is 42.5 Å². The first-order valence-electron chi connectivity index (χ1n) is 11.5. The third-order valence-corrected chi connectivity index (χ3v) is 7.26. The van der Waals surface area contributed by atoms with Crippen LogP contribution in [0.25, 0.3) is 33.2 Å². The quantitative estimate of drug-likeness (QED) is 0.375. The predicted molar refractivity (Wildman–Crippen MR) is 137 cm³/mol. The fraction of sp³-hybridized carbons (Fsp3) is 0.222. The molecule has 7 heteroatoms. The van der Waals surface area contributed by atoms with Crippen molar-refractivity contribution in [2.45, 2.75) is 13.0 Å². The molecule has 0 radical (unpaired) electrons. The Morgan fingerprint density at radius 3 is 2.50 bits per heavy atom. The van der Waals surface area contributed by atoms with E-state index in [1.165, 1.54) is 16.6 Å². The van der Waals surface area contributed by atoms with Crippen molar-refractivity contribution in [1.82, 2.24) is 15.2 Å². The number of rotatable bonds is 3. The van der Waals surface area contributed by atoms with Crippen molar-refractivity contribution in [3.05, 3.63) is 70.9 Å². The Balaban J connectivity index is 1.39. The first-order valence-corrected chi connectivity index (χ1v) is 11.9. The first kappa shape index (κ1) is 21.1. The number of aromatic nitrogens is 1. The smallest absolute Gasteiger partial charge is 0.324 e. The van der Waals surface area contributed by atoms with Crippen LogP contribution in [0.3, 0.4) is 0 Å². The monoisotopic (exact) mass is 472 g/mol. The molecular formula is C27H25ClN4O2. The number of para-hydroxylation sites is 1. The molecule has 2 aliphatic heterocycles. The number of phenolic OH excluding ortho intramolecular Hbond substituents is 1. The number of benzene rings is 3. The van der Waals surface area contributed by atoms with Crippen LogP contribution in [0.4, 0.5) is 10.5 Å². The average Bonchev–Trinajstić information content (AvgIpc) is 3.38. The predicted octanol–water partition coefficient (Wildman–Crippen LogP) is 5.38. The highest BCUT2D eigenvalue weighted by Crippen LogP contribution is 2.41. The topological polar surface area (TPSA) is 71.6 Å². The largest absolute Gasteiger partial charge is 0.507 e. The lowest BCUT2D eigenvalue weighted by Gasteiger charge is -2.18. The third kappa shape index (κ3) is 3.33. The molecule has 1 aromatic heterocycles. The Bertz CT molecular complexity index is 1440. The number of fused-ring (bicyclic) bond motifs is 3. The highest BCUT2D eigenvalue weighted by Gasteiger charge is 2.28. The molecule has 6 rings (SSSR count). The molecule has 0 unspecified atom stereocenters. The van der Waals surface area contributed by atoms with Crippen LogP contribution in [-0.4, -0.2) is 47.7 Å². The van der Waals surface area contributed by atoms with Gasteiger partial charge in [0, 0.05) is 67.4 Å². The van der Waals surface area contributed by atoms with Gasteiger partial charge in [-0.25, -0.2) is 4.79 Å². The van der Waals surface area contributed by atoms with Crippen molar-refractivity contribution < 1.29 is 9.90 Å². The number of nitrogens with one attached hydrogen (secondary N) is 2. The first-order chi connectivity index (χ1) is 16.5. The summed E-state index contributed by atoms with van der Waals surface area (Å²) in [5.74, 6) is 0.213. The average molecular weight is 473 g/mol. The lowest BCUT2D eigenvalue weighted by molar-refractivity contribution is 0.229. The van der Waals surface area contributed by atoms with Crippen LogP contribution < -0.4 is 10.2 Å². The van der Waals surface area contributed by atoms with E-state index in [1.54, 1.807) is 16.8 Å². The van der Waals surface area contributed by atoms with Gasteiger partial charge < -0.3 is 20.3 Å². The van der Waals surface area contributed by atoms with Gasteiger partial charge >= 0.3 is 6.03 Å². The van der Waals surface area contributed by atoms with Crippen molar-refractivity contribution in [3.8, 4) is 28.0 Å². The molecule has 0 spiro atoms. The summed E-state index contributed by atoms with van der Waals surface area (Å²) in [6.45, 7) is 3.12. The summed E-state index contributed by atoms with van der Waals surface area (Å²) in [5.41, 5.74) is 7.65. The second-order valence-electron chi connectivity index (χ2n) is 8.99. The van der Waals surface area contributed by atoms with Gasteiger partial charge in [0.25, 0.3) is 0 Å². The number of halogens is 1. The lowest BCUT2D eigenvalue weighted by Crippen LogP contribution is -2.29. The van der Waals surface area contributed by atoms with Crippen LogP contribution in [-0.2, 0) is 13.0 Å². The molecule has 0 saturated carbocycles. The van der Waals surface area contributed by atoms with Gasteiger partial charge in [-0.2, -0.15) is 0 Å². The number of carbonyl (C=O) groups excluding carboxylic acids is 1. The van der Waals surface area contributed by atoms with E-state index in [4.69, 9.17) is 11.6 Å². The minimum absolute atomic E-state index is 0.0583. The SMILES string of the molecule is CN1CCN(c2ccc(-c3cccc(-c4ccc5[nH]c6c(c5c4)CNCC6)c3O)cc2Cl)C1=O. The summed E-state index contributed by atoms with van der Waals surface area (Å²) >= 11 is 6.60. The van der Waals surface area contributed by atoms with Gasteiger partial charge in [0.2, 0.25) is 0 Å². The fourth-order valence-corrected chi connectivity index (χ4v) is 5.37. The van der Waals surface area contributed by atoms with Gasteiger partial charge in [-0.15, -0.1) is 0 Å². The fourth-order valence-electron chi connectivity index (χ4n) is 5.09. The number of anilines is 1. The normalized spacial score (nSPS) is 15.9. The second kappa shape index (κ2) is 8.08. The van der Waals surface area contributed by atoms with Gasteiger partial charge in [-0.1, -0.05) is 41.9 Å². The van der Waals surface area contributed by atoms with E-state index in [2.05, 4.69) is 22.4 Å². The molecule has 2 aliphatic rings. The Morgan fingerprint density at radius 2 is 1.76 bits per heavy atom. The van der Waals surface area contributed by atoms with Crippen molar-refractivity contribution >= 4 is 34.2 Å². The molecule has 2 amide bonds. The number of nitrogens with zero attached hydrogens (tertiary/aromatic N) is 2. The van der Waals surface area contributed by atoms with E-state index in [9.17, 15) is 9.90 Å². The van der Waals surface area contributed by atoms with Crippen LogP contribution >= 0.6 is 11.6 Å². The number of hydrogen-bond donors (Lipinski definition) is 3. The Morgan fingerprint density at radius 1 is 1.00 bits per heavy atom. The molecule has 6 nitrogen and oxygen atoms in total. The van der Waals surface area contributed by atoms with Crippen molar-refractivity contribution in [1.29, 1.82) is 0 Å². The van der Waals surface area contributed by atoms with Gasteiger partial charge in [0.15, 0.2) is 0 Å². The molecule has 34 heavy (non-hydrogen) atoms. The minimum atomic E-state index is -0.0583. The number of amides is 2. The number of H-pyrrole nitrogens is 1. The number of hydrogen-bond acceptors (Lipinski definition) is 3. The Labute approximate surface area is 202 Å².